The van der Waals surface area contributed by atoms with Crippen LogP contribution in [0.2, 0.25) is 0 Å². The Bertz CT molecular complexity index is 628. The fourth-order valence-corrected chi connectivity index (χ4v) is 2.56. The fourth-order valence-electron chi connectivity index (χ4n) is 2.14. The van der Waals surface area contributed by atoms with Crippen LogP contribution in [0.4, 0.5) is 0 Å². The fraction of sp³-hybridized carbons (Fsp3) is 0.235. The molecule has 0 amide bonds. The first-order chi connectivity index (χ1) is 10.1. The van der Waals surface area contributed by atoms with E-state index >= 15 is 0 Å². The number of nitrogens with one attached hydrogen (secondary N) is 1. The third-order valence-corrected chi connectivity index (χ3v) is 3.86. The van der Waals surface area contributed by atoms with Crippen molar-refractivity contribution in [3.8, 4) is 0 Å². The molecule has 1 atom stereocenters. The van der Waals surface area contributed by atoms with Gasteiger partial charge >= 0.3 is 5.97 Å². The lowest BCUT2D eigenvalue weighted by Gasteiger charge is -2.16. The molecule has 0 heterocycles. The summed E-state index contributed by atoms with van der Waals surface area (Å²) in [4.78, 5) is 11.7. The number of hydrogen-bond donors (Lipinski definition) is 1. The van der Waals surface area contributed by atoms with Crippen molar-refractivity contribution in [3.05, 3.63) is 69.7 Å². The van der Waals surface area contributed by atoms with Crippen LogP contribution in [-0.2, 0) is 11.3 Å². The SMILES string of the molecule is COC(=O)c1ccccc1CN[C@H](C)c1cccc(Br)c1. The Labute approximate surface area is 133 Å². The molecular weight excluding hydrogens is 330 g/mol. The van der Waals surface area contributed by atoms with Crippen molar-refractivity contribution in [2.45, 2.75) is 19.5 Å². The molecule has 0 saturated carbocycles. The molecule has 0 saturated heterocycles. The molecule has 4 heteroatoms. The molecule has 110 valence electrons. The third kappa shape index (κ3) is 4.16. The first kappa shape index (κ1) is 15.7. The molecule has 21 heavy (non-hydrogen) atoms. The van der Waals surface area contributed by atoms with Crippen molar-refractivity contribution < 1.29 is 9.53 Å². The first-order valence-corrected chi connectivity index (χ1v) is 7.56. The lowest BCUT2D eigenvalue weighted by molar-refractivity contribution is 0.0599. The quantitative estimate of drug-likeness (QED) is 0.828. The van der Waals surface area contributed by atoms with Crippen molar-refractivity contribution in [1.29, 1.82) is 0 Å². The highest BCUT2D eigenvalue weighted by atomic mass is 79.9. The molecule has 0 aliphatic heterocycles. The van der Waals surface area contributed by atoms with Crippen LogP contribution in [0, 0.1) is 0 Å². The molecule has 2 rings (SSSR count). The van der Waals surface area contributed by atoms with E-state index in [0.29, 0.717) is 12.1 Å². The monoisotopic (exact) mass is 347 g/mol. The second kappa shape index (κ2) is 7.38. The zero-order valence-corrected chi connectivity index (χ0v) is 13.7. The summed E-state index contributed by atoms with van der Waals surface area (Å²) in [5, 5.41) is 3.43. The van der Waals surface area contributed by atoms with Crippen molar-refractivity contribution in [1.82, 2.24) is 5.32 Å². The minimum atomic E-state index is -0.303. The molecule has 1 N–H and O–H groups in total. The molecular formula is C17H18BrNO2. The highest BCUT2D eigenvalue weighted by Crippen LogP contribution is 2.19. The molecule has 3 nitrogen and oxygen atoms in total. The van der Waals surface area contributed by atoms with Crippen LogP contribution in [0.25, 0.3) is 0 Å². The minimum absolute atomic E-state index is 0.188. The second-order valence-corrected chi connectivity index (χ2v) is 5.72. The summed E-state index contributed by atoms with van der Waals surface area (Å²) in [5.41, 5.74) is 2.74. The van der Waals surface area contributed by atoms with E-state index in [1.165, 1.54) is 12.7 Å². The number of hydrogen-bond acceptors (Lipinski definition) is 3. The number of halogens is 1. The van der Waals surface area contributed by atoms with Gasteiger partial charge in [-0.3, -0.25) is 0 Å². The Kier molecular flexibility index (Phi) is 5.53. The summed E-state index contributed by atoms with van der Waals surface area (Å²) in [6.45, 7) is 2.71. The maximum Gasteiger partial charge on any atom is 0.338 e. The van der Waals surface area contributed by atoms with Gasteiger partial charge < -0.3 is 10.1 Å². The van der Waals surface area contributed by atoms with Crippen molar-refractivity contribution in [2.24, 2.45) is 0 Å². The number of rotatable bonds is 5. The average Bonchev–Trinajstić information content (AvgIpc) is 2.52. The van der Waals surface area contributed by atoms with Gasteiger partial charge in [0, 0.05) is 17.1 Å². The van der Waals surface area contributed by atoms with E-state index < -0.39 is 0 Å². The lowest BCUT2D eigenvalue weighted by atomic mass is 10.1. The number of benzene rings is 2. The Morgan fingerprint density at radius 1 is 1.24 bits per heavy atom. The van der Waals surface area contributed by atoms with Crippen molar-refractivity contribution in [3.63, 3.8) is 0 Å². The Balaban J connectivity index is 2.08. The summed E-state index contributed by atoms with van der Waals surface area (Å²) in [5.74, 6) is -0.303. The molecule has 0 fully saturated rings. The van der Waals surface area contributed by atoms with Gasteiger partial charge in [0.15, 0.2) is 0 Å². The predicted octanol–water partition coefficient (Wildman–Crippen LogP) is 4.09. The highest BCUT2D eigenvalue weighted by Gasteiger charge is 2.12. The van der Waals surface area contributed by atoms with Crippen LogP contribution in [-0.4, -0.2) is 13.1 Å². The summed E-state index contributed by atoms with van der Waals surface area (Å²) in [7, 11) is 1.40. The molecule has 0 unspecified atom stereocenters. The molecule has 2 aromatic carbocycles. The number of carbonyl (C=O) groups is 1. The summed E-state index contributed by atoms with van der Waals surface area (Å²) >= 11 is 3.48. The first-order valence-electron chi connectivity index (χ1n) is 6.77. The molecule has 2 aromatic rings. The normalized spacial score (nSPS) is 12.0. The van der Waals surface area contributed by atoms with E-state index in [1.807, 2.05) is 30.3 Å². The average molecular weight is 348 g/mol. The molecule has 0 spiro atoms. The summed E-state index contributed by atoms with van der Waals surface area (Å²) in [6, 6.07) is 15.9. The standard InChI is InChI=1S/C17H18BrNO2/c1-12(13-7-5-8-15(18)10-13)19-11-14-6-3-4-9-16(14)17(20)21-2/h3-10,12,19H,11H2,1-2H3/t12-/m1/s1. The third-order valence-electron chi connectivity index (χ3n) is 3.37. The zero-order chi connectivity index (χ0) is 15.2. The van der Waals surface area contributed by atoms with Crippen LogP contribution >= 0.6 is 15.9 Å². The van der Waals surface area contributed by atoms with Crippen LogP contribution in [0.3, 0.4) is 0 Å². The Morgan fingerprint density at radius 3 is 2.71 bits per heavy atom. The van der Waals surface area contributed by atoms with E-state index in [9.17, 15) is 4.79 Å². The number of carbonyl (C=O) groups excluding carboxylic acids is 1. The van der Waals surface area contributed by atoms with Gasteiger partial charge in [0.25, 0.3) is 0 Å². The van der Waals surface area contributed by atoms with Gasteiger partial charge in [-0.05, 0) is 36.2 Å². The molecule has 0 bridgehead atoms. The van der Waals surface area contributed by atoms with E-state index in [2.05, 4.69) is 40.3 Å². The predicted molar refractivity (Wildman–Crippen MR) is 87.2 cm³/mol. The van der Waals surface area contributed by atoms with E-state index in [1.54, 1.807) is 6.07 Å². The van der Waals surface area contributed by atoms with E-state index in [0.717, 1.165) is 10.0 Å². The van der Waals surface area contributed by atoms with Gasteiger partial charge in [-0.1, -0.05) is 46.3 Å². The van der Waals surface area contributed by atoms with E-state index in [4.69, 9.17) is 4.74 Å². The number of methoxy groups -OCH3 is 1. The zero-order valence-electron chi connectivity index (χ0n) is 12.1. The van der Waals surface area contributed by atoms with Crippen LogP contribution in [0.5, 0.6) is 0 Å². The van der Waals surface area contributed by atoms with Gasteiger partial charge in [-0.25, -0.2) is 4.79 Å². The lowest BCUT2D eigenvalue weighted by Crippen LogP contribution is -2.20. The summed E-state index contributed by atoms with van der Waals surface area (Å²) in [6.07, 6.45) is 0. The minimum Gasteiger partial charge on any atom is -0.465 e. The van der Waals surface area contributed by atoms with Gasteiger partial charge in [0.05, 0.1) is 12.7 Å². The topological polar surface area (TPSA) is 38.3 Å². The van der Waals surface area contributed by atoms with Crippen molar-refractivity contribution >= 4 is 21.9 Å². The smallest absolute Gasteiger partial charge is 0.338 e. The summed E-state index contributed by atoms with van der Waals surface area (Å²) < 4.78 is 5.87. The maximum atomic E-state index is 11.7. The van der Waals surface area contributed by atoms with Gasteiger partial charge in [-0.2, -0.15) is 0 Å². The highest BCUT2D eigenvalue weighted by molar-refractivity contribution is 9.10. The molecule has 0 aliphatic rings. The van der Waals surface area contributed by atoms with E-state index in [-0.39, 0.29) is 12.0 Å². The van der Waals surface area contributed by atoms with Gasteiger partial charge in [-0.15, -0.1) is 0 Å². The second-order valence-electron chi connectivity index (χ2n) is 4.81. The Hall–Kier alpha value is -1.65. The van der Waals surface area contributed by atoms with Gasteiger partial charge in [0.1, 0.15) is 0 Å². The molecule has 0 aromatic heterocycles. The van der Waals surface area contributed by atoms with Crippen LogP contribution in [0.1, 0.15) is 34.5 Å². The van der Waals surface area contributed by atoms with Gasteiger partial charge in [0.2, 0.25) is 0 Å². The molecule has 0 radical (unpaired) electrons. The number of esters is 1. The maximum absolute atomic E-state index is 11.7. The van der Waals surface area contributed by atoms with Crippen LogP contribution < -0.4 is 5.32 Å². The van der Waals surface area contributed by atoms with Crippen molar-refractivity contribution in [2.75, 3.05) is 7.11 Å². The van der Waals surface area contributed by atoms with Crippen LogP contribution in [0.15, 0.2) is 53.0 Å². The largest absolute Gasteiger partial charge is 0.465 e. The Morgan fingerprint density at radius 2 is 2.00 bits per heavy atom. The molecule has 0 aliphatic carbocycles. The number of ether oxygens (including phenoxy) is 1.